The van der Waals surface area contributed by atoms with Crippen molar-refractivity contribution in [2.45, 2.75) is 39.3 Å². The molecule has 8 heteroatoms. The number of ether oxygens (including phenoxy) is 1. The lowest BCUT2D eigenvalue weighted by Gasteiger charge is -2.34. The minimum atomic E-state index is 0. The zero-order chi connectivity index (χ0) is 15.1. The van der Waals surface area contributed by atoms with E-state index in [1.165, 1.54) is 0 Å². The SMILES string of the molecule is CCNC(=NCc1ncnn1C)N1CCC(OCC)CC1.I. The van der Waals surface area contributed by atoms with Crippen LogP contribution < -0.4 is 5.32 Å². The van der Waals surface area contributed by atoms with Crippen LogP contribution in [0.1, 0.15) is 32.5 Å². The molecule has 0 radical (unpaired) electrons. The molecule has 0 unspecified atom stereocenters. The molecule has 0 aliphatic carbocycles. The molecule has 0 aromatic carbocycles. The fraction of sp³-hybridized carbons (Fsp3) is 0.786. The lowest BCUT2D eigenvalue weighted by Crippen LogP contribution is -2.47. The van der Waals surface area contributed by atoms with Crippen molar-refractivity contribution < 1.29 is 4.74 Å². The van der Waals surface area contributed by atoms with Gasteiger partial charge in [-0.2, -0.15) is 5.10 Å². The standard InChI is InChI=1S/C14H26N6O.HI/c1-4-15-14(16-10-13-17-11-18-19(13)3)20-8-6-12(7-9-20)21-5-2;/h11-12H,4-10H2,1-3H3,(H,15,16);1H. The van der Waals surface area contributed by atoms with E-state index in [-0.39, 0.29) is 24.0 Å². The first-order valence-corrected chi connectivity index (χ1v) is 7.72. The van der Waals surface area contributed by atoms with Gasteiger partial charge in [0.1, 0.15) is 18.7 Å². The van der Waals surface area contributed by atoms with Crippen LogP contribution in [0, 0.1) is 0 Å². The highest BCUT2D eigenvalue weighted by atomic mass is 127. The van der Waals surface area contributed by atoms with Gasteiger partial charge in [-0.1, -0.05) is 0 Å². The Morgan fingerprint density at radius 1 is 1.41 bits per heavy atom. The summed E-state index contributed by atoms with van der Waals surface area (Å²) in [6, 6.07) is 0. The first kappa shape index (κ1) is 19.1. The Morgan fingerprint density at radius 2 is 2.14 bits per heavy atom. The molecule has 2 rings (SSSR count). The number of nitrogens with zero attached hydrogens (tertiary/aromatic N) is 5. The van der Waals surface area contributed by atoms with Crippen molar-refractivity contribution in [3.63, 3.8) is 0 Å². The number of hydrogen-bond donors (Lipinski definition) is 1. The van der Waals surface area contributed by atoms with Crippen molar-refractivity contribution in [1.29, 1.82) is 0 Å². The summed E-state index contributed by atoms with van der Waals surface area (Å²) in [5.74, 6) is 1.82. The van der Waals surface area contributed by atoms with Crippen molar-refractivity contribution in [1.82, 2.24) is 25.0 Å². The number of rotatable bonds is 5. The molecule has 0 spiro atoms. The Morgan fingerprint density at radius 3 is 2.68 bits per heavy atom. The number of guanidine groups is 1. The Labute approximate surface area is 149 Å². The molecule has 22 heavy (non-hydrogen) atoms. The van der Waals surface area contributed by atoms with E-state index in [2.05, 4.69) is 39.1 Å². The van der Waals surface area contributed by atoms with Gasteiger partial charge >= 0.3 is 0 Å². The fourth-order valence-electron chi connectivity index (χ4n) is 2.50. The van der Waals surface area contributed by atoms with Crippen LogP contribution >= 0.6 is 24.0 Å². The van der Waals surface area contributed by atoms with E-state index < -0.39 is 0 Å². The third kappa shape index (κ3) is 5.38. The molecule has 1 aliphatic heterocycles. The van der Waals surface area contributed by atoms with Crippen LogP contribution in [0.4, 0.5) is 0 Å². The van der Waals surface area contributed by atoms with E-state index in [4.69, 9.17) is 4.74 Å². The molecule has 0 atom stereocenters. The van der Waals surface area contributed by atoms with E-state index in [9.17, 15) is 0 Å². The minimum absolute atomic E-state index is 0. The number of likely N-dealkylation sites (tertiary alicyclic amines) is 1. The highest BCUT2D eigenvalue weighted by Crippen LogP contribution is 2.14. The third-order valence-electron chi connectivity index (χ3n) is 3.65. The summed E-state index contributed by atoms with van der Waals surface area (Å²) in [7, 11) is 1.89. The Balaban J connectivity index is 0.00000242. The molecule has 1 fully saturated rings. The molecule has 0 bridgehead atoms. The average Bonchev–Trinajstić information content (AvgIpc) is 2.90. The van der Waals surface area contributed by atoms with Crippen molar-refractivity contribution in [2.75, 3.05) is 26.2 Å². The van der Waals surface area contributed by atoms with Crippen molar-refractivity contribution in [2.24, 2.45) is 12.0 Å². The Hall–Kier alpha value is -0.900. The summed E-state index contributed by atoms with van der Waals surface area (Å²) >= 11 is 0. The Kier molecular flexibility index (Phi) is 8.69. The van der Waals surface area contributed by atoms with Gasteiger partial charge in [0, 0.05) is 33.3 Å². The predicted octanol–water partition coefficient (Wildman–Crippen LogP) is 1.40. The molecule has 7 nitrogen and oxygen atoms in total. The summed E-state index contributed by atoms with van der Waals surface area (Å²) in [5.41, 5.74) is 0. The maximum atomic E-state index is 5.70. The molecule has 1 aromatic heterocycles. The van der Waals surface area contributed by atoms with E-state index >= 15 is 0 Å². The van der Waals surface area contributed by atoms with Crippen LogP contribution in [0.25, 0.3) is 0 Å². The fourth-order valence-corrected chi connectivity index (χ4v) is 2.50. The molecular weight excluding hydrogens is 395 g/mol. The minimum Gasteiger partial charge on any atom is -0.378 e. The number of aliphatic imine (C=N–C) groups is 1. The van der Waals surface area contributed by atoms with E-state index in [1.807, 2.05) is 7.05 Å². The van der Waals surface area contributed by atoms with Crippen molar-refractivity contribution >= 4 is 29.9 Å². The molecule has 1 N–H and O–H groups in total. The highest BCUT2D eigenvalue weighted by molar-refractivity contribution is 14.0. The van der Waals surface area contributed by atoms with E-state index in [0.29, 0.717) is 12.6 Å². The van der Waals surface area contributed by atoms with Gasteiger partial charge in [-0.15, -0.1) is 24.0 Å². The molecule has 1 aromatic rings. The maximum Gasteiger partial charge on any atom is 0.194 e. The summed E-state index contributed by atoms with van der Waals surface area (Å²) in [4.78, 5) is 11.2. The lowest BCUT2D eigenvalue weighted by molar-refractivity contribution is 0.0263. The smallest absolute Gasteiger partial charge is 0.194 e. The number of nitrogens with one attached hydrogen (secondary N) is 1. The van der Waals surface area contributed by atoms with Gasteiger partial charge in [0.2, 0.25) is 0 Å². The summed E-state index contributed by atoms with van der Waals surface area (Å²) in [6.45, 7) is 8.31. The topological polar surface area (TPSA) is 67.6 Å². The zero-order valence-electron chi connectivity index (χ0n) is 13.7. The summed E-state index contributed by atoms with van der Waals surface area (Å²) in [5, 5.41) is 7.43. The van der Waals surface area contributed by atoms with Gasteiger partial charge in [-0.3, -0.25) is 4.68 Å². The molecule has 1 aliphatic rings. The highest BCUT2D eigenvalue weighted by Gasteiger charge is 2.21. The largest absolute Gasteiger partial charge is 0.378 e. The van der Waals surface area contributed by atoms with Gasteiger partial charge in [0.05, 0.1) is 6.10 Å². The van der Waals surface area contributed by atoms with Crippen molar-refractivity contribution in [3.05, 3.63) is 12.2 Å². The van der Waals surface area contributed by atoms with Gasteiger partial charge in [-0.25, -0.2) is 9.98 Å². The van der Waals surface area contributed by atoms with Gasteiger partial charge in [-0.05, 0) is 26.7 Å². The second-order valence-electron chi connectivity index (χ2n) is 5.11. The number of halogens is 1. The number of aromatic nitrogens is 3. The second kappa shape index (κ2) is 9.98. The monoisotopic (exact) mass is 422 g/mol. The molecule has 0 amide bonds. The van der Waals surface area contributed by atoms with Gasteiger partial charge < -0.3 is 15.0 Å². The van der Waals surface area contributed by atoms with Crippen LogP contribution in [-0.2, 0) is 18.3 Å². The van der Waals surface area contributed by atoms with Crippen LogP contribution in [-0.4, -0.2) is 58.0 Å². The van der Waals surface area contributed by atoms with Gasteiger partial charge in [0.25, 0.3) is 0 Å². The predicted molar refractivity (Wildman–Crippen MR) is 97.5 cm³/mol. The van der Waals surface area contributed by atoms with Gasteiger partial charge in [0.15, 0.2) is 5.96 Å². The molecule has 1 saturated heterocycles. The van der Waals surface area contributed by atoms with Crippen LogP contribution in [0.15, 0.2) is 11.3 Å². The van der Waals surface area contributed by atoms with E-state index in [1.54, 1.807) is 11.0 Å². The Bertz CT molecular complexity index is 456. The number of piperidine rings is 1. The maximum absolute atomic E-state index is 5.70. The van der Waals surface area contributed by atoms with Crippen molar-refractivity contribution in [3.8, 4) is 0 Å². The normalized spacial score (nSPS) is 16.5. The molecule has 126 valence electrons. The molecule has 0 saturated carbocycles. The average molecular weight is 422 g/mol. The van der Waals surface area contributed by atoms with Crippen LogP contribution in [0.5, 0.6) is 0 Å². The number of aryl methyl sites for hydroxylation is 1. The molecule has 2 heterocycles. The number of hydrogen-bond acceptors (Lipinski definition) is 4. The zero-order valence-corrected chi connectivity index (χ0v) is 16.0. The first-order valence-electron chi connectivity index (χ1n) is 7.72. The van der Waals surface area contributed by atoms with Crippen LogP contribution in [0.2, 0.25) is 0 Å². The first-order chi connectivity index (χ1) is 10.2. The van der Waals surface area contributed by atoms with Crippen LogP contribution in [0.3, 0.4) is 0 Å². The second-order valence-corrected chi connectivity index (χ2v) is 5.11. The lowest BCUT2D eigenvalue weighted by atomic mass is 10.1. The van der Waals surface area contributed by atoms with E-state index in [0.717, 1.165) is 50.9 Å². The quantitative estimate of drug-likeness (QED) is 0.442. The summed E-state index contributed by atoms with van der Waals surface area (Å²) in [6.07, 6.45) is 4.07. The summed E-state index contributed by atoms with van der Waals surface area (Å²) < 4.78 is 7.46. The molecular formula is C14H27IN6O. The third-order valence-corrected chi connectivity index (χ3v) is 3.65.